The number of aromatic amines is 1. The maximum absolute atomic E-state index is 12.4. The molecule has 0 spiro atoms. The third-order valence-corrected chi connectivity index (χ3v) is 8.39. The normalized spacial score (nSPS) is 12.7. The van der Waals surface area contributed by atoms with Crippen LogP contribution in [0.5, 0.6) is 11.5 Å². The number of fused-ring (bicyclic) bond motifs is 2. The number of carbonyl (C=O) groups excluding carboxylic acids is 5. The minimum Gasteiger partial charge on any atom is -0.491 e. The summed E-state index contributed by atoms with van der Waals surface area (Å²) in [5.74, 6) is 1.45. The Bertz CT molecular complexity index is 2210. The summed E-state index contributed by atoms with van der Waals surface area (Å²) in [6.07, 6.45) is 2.80. The average Bonchev–Trinajstić information content (AvgIpc) is 3.99. The Morgan fingerprint density at radius 1 is 0.565 bits per heavy atom. The zero-order valence-corrected chi connectivity index (χ0v) is 44.0. The van der Waals surface area contributed by atoms with Crippen molar-refractivity contribution in [1.29, 1.82) is 0 Å². The molecule has 1 aliphatic rings. The van der Waals surface area contributed by atoms with E-state index in [2.05, 4.69) is 9.72 Å². The Labute approximate surface area is 408 Å². The fourth-order valence-electron chi connectivity index (χ4n) is 5.49. The van der Waals surface area contributed by atoms with Gasteiger partial charge in [-0.15, -0.1) is 0 Å². The number of aromatic nitrogens is 2. The molecular weight excluding hydrogens is 893 g/mol. The summed E-state index contributed by atoms with van der Waals surface area (Å²) in [4.78, 5) is 64.3. The van der Waals surface area contributed by atoms with Gasteiger partial charge in [0, 0.05) is 56.0 Å². The Hall–Kier alpha value is -6.17. The second kappa shape index (κ2) is 26.0. The summed E-state index contributed by atoms with van der Waals surface area (Å²) in [6, 6.07) is 15.1. The quantitative estimate of drug-likeness (QED) is 0.0994. The van der Waals surface area contributed by atoms with E-state index in [0.717, 1.165) is 35.3 Å². The molecule has 0 unspecified atom stereocenters. The van der Waals surface area contributed by atoms with Gasteiger partial charge in [-0.05, 0) is 153 Å². The maximum atomic E-state index is 12.4. The first-order valence-corrected chi connectivity index (χ1v) is 23.0. The minimum atomic E-state index is -1.06. The number of benzene rings is 2. The van der Waals surface area contributed by atoms with Crippen LogP contribution in [0.25, 0.3) is 21.8 Å². The van der Waals surface area contributed by atoms with Gasteiger partial charge >= 0.3 is 30.6 Å². The molecule has 0 bridgehead atoms. The predicted octanol–water partition coefficient (Wildman–Crippen LogP) is 11.8. The Balaban J connectivity index is 0.000000351. The average molecular weight is 971 g/mol. The Morgan fingerprint density at radius 3 is 1.42 bits per heavy atom. The number of amides is 2. The fourth-order valence-corrected chi connectivity index (χ4v) is 5.49. The summed E-state index contributed by atoms with van der Waals surface area (Å²) in [5.41, 5.74) is -1.25. The van der Waals surface area contributed by atoms with Crippen molar-refractivity contribution < 1.29 is 66.6 Å². The Morgan fingerprint density at radius 2 is 1.00 bits per heavy atom. The SMILES string of the molecule is C1CCOC1.CC(C)(C)OC(=O)OC(=O)OC(C)(C)C.CN(CCOc1cccc2[nH]ccc12)C(=O)OC(C)(C)C.CN(CCOc1cccc2c1ccn2C(=O)OC(C)(C)C)C(=O)OC(C)(C)C. The van der Waals surface area contributed by atoms with Gasteiger partial charge in [0.2, 0.25) is 0 Å². The second-order valence-electron chi connectivity index (χ2n) is 20.9. The van der Waals surface area contributed by atoms with E-state index in [9.17, 15) is 24.0 Å². The van der Waals surface area contributed by atoms with Gasteiger partial charge in [0.05, 0.1) is 18.6 Å². The van der Waals surface area contributed by atoms with Crippen molar-refractivity contribution in [3.8, 4) is 11.5 Å². The van der Waals surface area contributed by atoms with E-state index < -0.39 is 52.5 Å². The molecule has 4 aromatic rings. The second-order valence-corrected chi connectivity index (χ2v) is 20.9. The van der Waals surface area contributed by atoms with Crippen LogP contribution in [0.2, 0.25) is 0 Å². The van der Waals surface area contributed by atoms with Crippen molar-refractivity contribution in [1.82, 2.24) is 19.4 Å². The molecular formula is C51H78N4O14. The molecule has 1 aliphatic heterocycles. The predicted molar refractivity (Wildman–Crippen MR) is 264 cm³/mol. The lowest BCUT2D eigenvalue weighted by Crippen LogP contribution is -2.36. The molecule has 3 heterocycles. The minimum absolute atomic E-state index is 0.298. The van der Waals surface area contributed by atoms with Gasteiger partial charge in [-0.25, -0.2) is 24.0 Å². The standard InChI is InChI=1S/C21H30N2O5.C16H22N2O3.C10H18O5.C4H8O/c1-20(2,3)27-18(24)22(7)13-14-26-17-10-8-9-16-15(17)11-12-23(16)19(25)28-21(4,5)6;1-16(2,3)21-15(19)18(4)10-11-20-14-7-5-6-13-12(14)8-9-17-13;1-9(2,3)14-7(11)13-8(12)15-10(4,5)6;1-2-4-5-3-1/h8-12H,13-14H2,1-7H3;5-9,17H,10-11H2,1-4H3;1-6H3;1-4H2. The first-order valence-electron chi connectivity index (χ1n) is 23.0. The number of nitrogens with zero attached hydrogens (tertiary/aromatic N) is 3. The summed E-state index contributed by atoms with van der Waals surface area (Å²) < 4.78 is 47.9. The molecule has 386 valence electrons. The first-order chi connectivity index (χ1) is 31.7. The molecule has 5 rings (SSSR count). The number of hydrogen-bond donors (Lipinski definition) is 1. The molecule has 1 fully saturated rings. The third kappa shape index (κ3) is 24.6. The van der Waals surface area contributed by atoms with E-state index in [1.54, 1.807) is 61.8 Å². The molecule has 1 saturated heterocycles. The number of hydrogen-bond acceptors (Lipinski definition) is 14. The monoisotopic (exact) mass is 971 g/mol. The van der Waals surface area contributed by atoms with Gasteiger partial charge in [-0.1, -0.05) is 12.1 Å². The number of rotatable bonds is 8. The van der Waals surface area contributed by atoms with Crippen LogP contribution in [-0.2, 0) is 33.2 Å². The lowest BCUT2D eigenvalue weighted by atomic mass is 10.2. The number of ether oxygens (including phenoxy) is 9. The lowest BCUT2D eigenvalue weighted by Gasteiger charge is -2.24. The van der Waals surface area contributed by atoms with Crippen LogP contribution in [0.3, 0.4) is 0 Å². The van der Waals surface area contributed by atoms with Crippen LogP contribution in [0.4, 0.5) is 24.0 Å². The highest BCUT2D eigenvalue weighted by molar-refractivity contribution is 5.93. The molecule has 0 radical (unpaired) electrons. The van der Waals surface area contributed by atoms with Gasteiger partial charge in [0.25, 0.3) is 0 Å². The smallest absolute Gasteiger partial charge is 0.491 e. The van der Waals surface area contributed by atoms with Crippen molar-refractivity contribution in [3.05, 3.63) is 60.9 Å². The van der Waals surface area contributed by atoms with Crippen LogP contribution >= 0.6 is 0 Å². The molecule has 69 heavy (non-hydrogen) atoms. The van der Waals surface area contributed by atoms with Gasteiger partial charge in [0.1, 0.15) is 52.7 Å². The molecule has 1 N–H and O–H groups in total. The molecule has 0 atom stereocenters. The maximum Gasteiger partial charge on any atom is 0.519 e. The number of carbonyl (C=O) groups is 5. The number of likely N-dealkylation sites (N-methyl/N-ethyl adjacent to an activating group) is 2. The van der Waals surface area contributed by atoms with Gasteiger partial charge in [-0.2, -0.15) is 0 Å². The highest BCUT2D eigenvalue weighted by Gasteiger charge is 2.25. The molecule has 2 amide bonds. The molecule has 18 heteroatoms. The lowest BCUT2D eigenvalue weighted by molar-refractivity contribution is -0.0295. The van der Waals surface area contributed by atoms with E-state index in [4.69, 9.17) is 37.9 Å². The number of nitrogens with one attached hydrogen (secondary N) is 1. The summed E-state index contributed by atoms with van der Waals surface area (Å²) in [7, 11) is 3.37. The van der Waals surface area contributed by atoms with Crippen molar-refractivity contribution in [2.75, 3.05) is 53.6 Å². The highest BCUT2D eigenvalue weighted by atomic mass is 16.8. The van der Waals surface area contributed by atoms with Crippen molar-refractivity contribution >= 4 is 52.4 Å². The van der Waals surface area contributed by atoms with E-state index in [1.165, 1.54) is 27.2 Å². The molecule has 2 aromatic carbocycles. The highest BCUT2D eigenvalue weighted by Crippen LogP contribution is 2.28. The van der Waals surface area contributed by atoms with Crippen LogP contribution in [0.15, 0.2) is 60.9 Å². The molecule has 0 saturated carbocycles. The van der Waals surface area contributed by atoms with Crippen molar-refractivity contribution in [2.45, 2.75) is 145 Å². The van der Waals surface area contributed by atoms with E-state index in [0.29, 0.717) is 37.6 Å². The largest absolute Gasteiger partial charge is 0.519 e. The zero-order chi connectivity index (χ0) is 52.4. The van der Waals surface area contributed by atoms with Gasteiger partial charge in [-0.3, -0.25) is 4.57 Å². The van der Waals surface area contributed by atoms with Crippen LogP contribution in [-0.4, -0.2) is 132 Å². The molecule has 2 aromatic heterocycles. The third-order valence-electron chi connectivity index (χ3n) is 8.39. The Kier molecular flexibility index (Phi) is 22.2. The molecule has 0 aliphatic carbocycles. The van der Waals surface area contributed by atoms with E-state index >= 15 is 0 Å². The molecule has 18 nitrogen and oxygen atoms in total. The summed E-state index contributed by atoms with van der Waals surface area (Å²) in [5, 5.41) is 1.84. The summed E-state index contributed by atoms with van der Waals surface area (Å²) in [6.45, 7) is 30.1. The number of H-pyrrole nitrogens is 1. The van der Waals surface area contributed by atoms with Crippen LogP contribution < -0.4 is 9.47 Å². The van der Waals surface area contributed by atoms with E-state index in [1.807, 2.05) is 117 Å². The van der Waals surface area contributed by atoms with Crippen LogP contribution in [0, 0.1) is 0 Å². The van der Waals surface area contributed by atoms with Crippen LogP contribution in [0.1, 0.15) is 117 Å². The van der Waals surface area contributed by atoms with Gasteiger partial charge in [0.15, 0.2) is 0 Å². The van der Waals surface area contributed by atoms with E-state index in [-0.39, 0.29) is 6.09 Å². The van der Waals surface area contributed by atoms with Crippen molar-refractivity contribution in [3.63, 3.8) is 0 Å². The summed E-state index contributed by atoms with van der Waals surface area (Å²) >= 11 is 0. The first kappa shape index (κ1) is 59.0. The topological polar surface area (TPSA) is 196 Å². The zero-order valence-electron chi connectivity index (χ0n) is 44.0. The van der Waals surface area contributed by atoms with Gasteiger partial charge < -0.3 is 57.4 Å². The van der Waals surface area contributed by atoms with Crippen molar-refractivity contribution in [2.24, 2.45) is 0 Å². The fraction of sp³-hybridized carbons (Fsp3) is 0.588.